The minimum Gasteiger partial charge on any atom is -0.478 e. The van der Waals surface area contributed by atoms with E-state index >= 15 is 0 Å². The van der Waals surface area contributed by atoms with Gasteiger partial charge in [0.1, 0.15) is 4.21 Å². The molecule has 0 fully saturated rings. The topological polar surface area (TPSA) is 74.7 Å². The number of carbonyl (C=O) groups is 1. The molecule has 21 heavy (non-hydrogen) atoms. The van der Waals surface area contributed by atoms with Gasteiger partial charge in [-0.05, 0) is 36.4 Å². The molecule has 8 heteroatoms. The van der Waals surface area contributed by atoms with Gasteiger partial charge in [0.2, 0.25) is 0 Å². The summed E-state index contributed by atoms with van der Waals surface area (Å²) < 4.78 is 27.0. The molecule has 3 heterocycles. The second-order valence-electron chi connectivity index (χ2n) is 4.80. The normalized spacial score (nSPS) is 19.4. The number of thiophene rings is 2. The first-order valence-electron chi connectivity index (χ1n) is 6.31. The van der Waals surface area contributed by atoms with Gasteiger partial charge < -0.3 is 5.11 Å². The fourth-order valence-corrected chi connectivity index (χ4v) is 6.35. The number of fused-ring (bicyclic) bond motifs is 1. The van der Waals surface area contributed by atoms with Crippen LogP contribution in [-0.4, -0.2) is 30.3 Å². The van der Waals surface area contributed by atoms with Crippen LogP contribution in [-0.2, 0) is 16.4 Å². The molecule has 1 aliphatic rings. The largest absolute Gasteiger partial charge is 0.478 e. The Bertz CT molecular complexity index is 790. The Kier molecular flexibility index (Phi) is 3.64. The highest BCUT2D eigenvalue weighted by Gasteiger charge is 2.35. The molecule has 0 saturated carbocycles. The van der Waals surface area contributed by atoms with Crippen LogP contribution in [0, 0.1) is 0 Å². The van der Waals surface area contributed by atoms with Gasteiger partial charge in [-0.3, -0.25) is 0 Å². The number of aromatic carboxylic acids is 1. The van der Waals surface area contributed by atoms with Crippen molar-refractivity contribution in [1.82, 2.24) is 4.31 Å². The molecule has 0 spiro atoms. The molecule has 0 bridgehead atoms. The Morgan fingerprint density at radius 1 is 1.43 bits per heavy atom. The number of hydrogen-bond acceptors (Lipinski definition) is 5. The van der Waals surface area contributed by atoms with Crippen molar-refractivity contribution in [1.29, 1.82) is 0 Å². The van der Waals surface area contributed by atoms with E-state index in [0.717, 1.165) is 16.9 Å². The number of rotatable bonds is 3. The molecular weight excluding hydrogens is 330 g/mol. The highest BCUT2D eigenvalue weighted by Crippen LogP contribution is 2.37. The average Bonchev–Trinajstić information content (AvgIpc) is 3.08. The van der Waals surface area contributed by atoms with Gasteiger partial charge in [-0.15, -0.1) is 22.7 Å². The van der Waals surface area contributed by atoms with Crippen LogP contribution < -0.4 is 0 Å². The first-order valence-corrected chi connectivity index (χ1v) is 9.51. The quantitative estimate of drug-likeness (QED) is 0.930. The van der Waals surface area contributed by atoms with Gasteiger partial charge in [0.25, 0.3) is 10.0 Å². The van der Waals surface area contributed by atoms with Crippen LogP contribution in [0.5, 0.6) is 0 Å². The highest BCUT2D eigenvalue weighted by atomic mass is 32.2. The molecule has 0 saturated heterocycles. The second-order valence-corrected chi connectivity index (χ2v) is 8.83. The molecule has 5 nitrogen and oxygen atoms in total. The summed E-state index contributed by atoms with van der Waals surface area (Å²) in [6, 6.07) is 2.97. The van der Waals surface area contributed by atoms with E-state index in [1.807, 2.05) is 18.4 Å². The van der Waals surface area contributed by atoms with E-state index in [9.17, 15) is 13.2 Å². The van der Waals surface area contributed by atoms with E-state index in [1.165, 1.54) is 20.6 Å². The zero-order valence-corrected chi connectivity index (χ0v) is 13.6. The summed E-state index contributed by atoms with van der Waals surface area (Å²) in [4.78, 5) is 12.1. The number of carboxylic acids is 1. The smallest absolute Gasteiger partial charge is 0.336 e. The maximum absolute atomic E-state index is 12.7. The Balaban J connectivity index is 1.97. The van der Waals surface area contributed by atoms with E-state index in [4.69, 9.17) is 5.11 Å². The number of sulfonamides is 1. The van der Waals surface area contributed by atoms with Crippen molar-refractivity contribution in [2.45, 2.75) is 23.6 Å². The van der Waals surface area contributed by atoms with Crippen LogP contribution in [0.25, 0.3) is 0 Å². The van der Waals surface area contributed by atoms with Crippen molar-refractivity contribution in [2.75, 3.05) is 6.54 Å². The van der Waals surface area contributed by atoms with Crippen molar-refractivity contribution < 1.29 is 18.3 Å². The van der Waals surface area contributed by atoms with Gasteiger partial charge in [0.15, 0.2) is 0 Å². The van der Waals surface area contributed by atoms with Crippen LogP contribution in [0.15, 0.2) is 27.1 Å². The van der Waals surface area contributed by atoms with Gasteiger partial charge >= 0.3 is 5.97 Å². The molecule has 0 aliphatic carbocycles. The van der Waals surface area contributed by atoms with E-state index in [-0.39, 0.29) is 15.8 Å². The summed E-state index contributed by atoms with van der Waals surface area (Å²) in [6.45, 7) is 2.30. The van der Waals surface area contributed by atoms with Crippen LogP contribution in [0.1, 0.15) is 33.8 Å². The van der Waals surface area contributed by atoms with Gasteiger partial charge in [-0.2, -0.15) is 4.31 Å². The van der Waals surface area contributed by atoms with Gasteiger partial charge in [0.05, 0.1) is 5.56 Å². The van der Waals surface area contributed by atoms with E-state index < -0.39 is 16.0 Å². The van der Waals surface area contributed by atoms with Crippen molar-refractivity contribution in [3.63, 3.8) is 0 Å². The van der Waals surface area contributed by atoms with Gasteiger partial charge in [0, 0.05) is 22.8 Å². The molecule has 2 aromatic rings. The molecule has 0 aromatic carbocycles. The Labute approximate surface area is 130 Å². The molecule has 1 unspecified atom stereocenters. The first-order chi connectivity index (χ1) is 9.91. The molecule has 2 aromatic heterocycles. The summed E-state index contributed by atoms with van der Waals surface area (Å²) in [6.07, 6.45) is 0.702. The van der Waals surface area contributed by atoms with Crippen molar-refractivity contribution in [2.24, 2.45) is 0 Å². The lowest BCUT2D eigenvalue weighted by Crippen LogP contribution is -2.37. The van der Waals surface area contributed by atoms with Crippen molar-refractivity contribution in [3.05, 3.63) is 38.9 Å². The lowest BCUT2D eigenvalue weighted by molar-refractivity contribution is 0.0697. The highest BCUT2D eigenvalue weighted by molar-refractivity contribution is 7.91. The molecule has 3 rings (SSSR count). The van der Waals surface area contributed by atoms with Crippen LogP contribution >= 0.6 is 22.7 Å². The zero-order valence-electron chi connectivity index (χ0n) is 11.1. The van der Waals surface area contributed by atoms with Crippen LogP contribution in [0.2, 0.25) is 0 Å². The fourth-order valence-electron chi connectivity index (χ4n) is 2.49. The maximum Gasteiger partial charge on any atom is 0.336 e. The zero-order chi connectivity index (χ0) is 15.2. The summed E-state index contributed by atoms with van der Waals surface area (Å²) in [7, 11) is -3.65. The average molecular weight is 343 g/mol. The standard InChI is InChI=1S/C13H13NO4S3/c1-8-10-3-5-19-11(10)2-4-14(8)21(17,18)12-6-9(7-20-12)13(15)16/h3,5-8H,2,4H2,1H3,(H,15,16). The van der Waals surface area contributed by atoms with Gasteiger partial charge in [-0.25, -0.2) is 13.2 Å². The molecule has 1 atom stereocenters. The lowest BCUT2D eigenvalue weighted by atomic mass is 10.0. The third kappa shape index (κ3) is 2.42. The van der Waals surface area contributed by atoms with Crippen molar-refractivity contribution >= 4 is 38.7 Å². The fraction of sp³-hybridized carbons (Fsp3) is 0.308. The molecule has 112 valence electrons. The Morgan fingerprint density at radius 3 is 2.86 bits per heavy atom. The third-order valence-corrected chi connectivity index (χ3v) is 7.99. The number of nitrogens with zero attached hydrogens (tertiary/aromatic N) is 1. The van der Waals surface area contributed by atoms with E-state index in [2.05, 4.69) is 0 Å². The SMILES string of the molecule is CC1c2ccsc2CCN1S(=O)(=O)c1cc(C(=O)O)cs1. The summed E-state index contributed by atoms with van der Waals surface area (Å²) in [5.41, 5.74) is 1.06. The second kappa shape index (κ2) is 5.20. The number of hydrogen-bond donors (Lipinski definition) is 1. The van der Waals surface area contributed by atoms with E-state index in [1.54, 1.807) is 11.3 Å². The molecule has 1 N–H and O–H groups in total. The molecular formula is C13H13NO4S3. The first kappa shape index (κ1) is 14.7. The predicted octanol–water partition coefficient (Wildman–Crippen LogP) is 2.82. The summed E-state index contributed by atoms with van der Waals surface area (Å²) in [5, 5.41) is 12.3. The molecule has 0 radical (unpaired) electrons. The third-order valence-electron chi connectivity index (χ3n) is 3.61. The maximum atomic E-state index is 12.7. The molecule has 1 aliphatic heterocycles. The predicted molar refractivity (Wildman–Crippen MR) is 81.6 cm³/mol. The van der Waals surface area contributed by atoms with Crippen molar-refractivity contribution in [3.8, 4) is 0 Å². The summed E-state index contributed by atoms with van der Waals surface area (Å²) in [5.74, 6) is -1.11. The Hall–Kier alpha value is -1.22. The minimum absolute atomic E-state index is 0.0134. The van der Waals surface area contributed by atoms with Gasteiger partial charge in [-0.1, -0.05) is 0 Å². The molecule has 0 amide bonds. The Morgan fingerprint density at radius 2 is 2.19 bits per heavy atom. The van der Waals surface area contributed by atoms with Crippen LogP contribution in [0.3, 0.4) is 0 Å². The summed E-state index contributed by atoms with van der Waals surface area (Å²) >= 11 is 2.61. The monoisotopic (exact) mass is 343 g/mol. The minimum atomic E-state index is -3.65. The van der Waals surface area contributed by atoms with E-state index in [0.29, 0.717) is 13.0 Å². The lowest BCUT2D eigenvalue weighted by Gasteiger charge is -2.32. The number of carboxylic acid groups (broad SMARTS) is 1. The van der Waals surface area contributed by atoms with Crippen LogP contribution in [0.4, 0.5) is 0 Å².